The van der Waals surface area contributed by atoms with Crippen LogP contribution in [0.2, 0.25) is 0 Å². The van der Waals surface area contributed by atoms with E-state index in [1.165, 1.54) is 17.0 Å². The number of anilines is 1. The fraction of sp³-hybridized carbons (Fsp3) is 0.535. The smallest absolute Gasteiger partial charge is 0.326 e. The second kappa shape index (κ2) is 34.1. The lowest BCUT2D eigenvalue weighted by Gasteiger charge is -2.28. The van der Waals surface area contributed by atoms with Crippen LogP contribution in [-0.4, -0.2) is 106 Å². The SMILES string of the molecule is CCCCC[N+]1=C(C=CC2=C(CCC(CC(=O)[C@H](Cc3ccccc3)NC(=O)CCCCCCCCC(=O)CC[C@H](NC(=O)NCCC)C(=O)O)C(=O)O)C(=CC=C3N(CCCCS(=O)(=O)O)c4ccccc4C3(C)C)CCC2)C(C)(C)c2ccccc21. The van der Waals surface area contributed by atoms with Gasteiger partial charge in [-0.15, -0.1) is 0 Å². The highest BCUT2D eigenvalue weighted by atomic mass is 32.2. The molecule has 6 rings (SSSR count). The average molecular weight is 1230 g/mol. The van der Waals surface area contributed by atoms with Gasteiger partial charge in [0.2, 0.25) is 11.6 Å². The van der Waals surface area contributed by atoms with Crippen molar-refractivity contribution in [3.8, 4) is 0 Å². The molecule has 16 nitrogen and oxygen atoms in total. The van der Waals surface area contributed by atoms with E-state index < -0.39 is 51.5 Å². The molecular weight excluding hydrogens is 1130 g/mol. The van der Waals surface area contributed by atoms with E-state index in [4.69, 9.17) is 0 Å². The highest BCUT2D eigenvalue weighted by molar-refractivity contribution is 7.85. The number of amides is 3. The minimum Gasteiger partial charge on any atom is -0.481 e. The Kier molecular flexibility index (Phi) is 27.2. The van der Waals surface area contributed by atoms with Gasteiger partial charge in [0.05, 0.1) is 23.1 Å². The zero-order chi connectivity index (χ0) is 63.9. The van der Waals surface area contributed by atoms with Crippen LogP contribution in [0.15, 0.2) is 126 Å². The molecule has 0 spiro atoms. The van der Waals surface area contributed by atoms with Gasteiger partial charge in [0.1, 0.15) is 18.4 Å². The van der Waals surface area contributed by atoms with Crippen LogP contribution in [0.25, 0.3) is 0 Å². The number of hydrogen-bond donors (Lipinski definition) is 6. The molecule has 1 unspecified atom stereocenters. The zero-order valence-corrected chi connectivity index (χ0v) is 53.9. The third-order valence-electron chi connectivity index (χ3n) is 17.7. The second-order valence-electron chi connectivity index (χ2n) is 25.2. The maximum atomic E-state index is 14.5. The molecule has 88 heavy (non-hydrogen) atoms. The molecule has 3 aromatic rings. The first-order chi connectivity index (χ1) is 42.0. The number of carboxylic acid groups (broad SMARTS) is 2. The van der Waals surface area contributed by atoms with Crippen molar-refractivity contribution in [1.29, 1.82) is 0 Å². The van der Waals surface area contributed by atoms with E-state index in [1.807, 2.05) is 49.4 Å². The van der Waals surface area contributed by atoms with Crippen molar-refractivity contribution in [1.82, 2.24) is 16.0 Å². The van der Waals surface area contributed by atoms with Crippen molar-refractivity contribution >= 4 is 62.6 Å². The Balaban J connectivity index is 1.18. The number of ketones is 2. The van der Waals surface area contributed by atoms with E-state index >= 15 is 0 Å². The van der Waals surface area contributed by atoms with Crippen molar-refractivity contribution in [3.63, 3.8) is 0 Å². The van der Waals surface area contributed by atoms with E-state index in [0.29, 0.717) is 58.0 Å². The fourth-order valence-corrected chi connectivity index (χ4v) is 13.3. The third-order valence-corrected chi connectivity index (χ3v) is 18.5. The Morgan fingerprint density at radius 3 is 2.06 bits per heavy atom. The molecule has 478 valence electrons. The molecule has 0 saturated carbocycles. The van der Waals surface area contributed by atoms with E-state index in [2.05, 4.69) is 121 Å². The molecule has 3 atom stereocenters. The summed E-state index contributed by atoms with van der Waals surface area (Å²) in [6.07, 6.45) is 21.8. The summed E-state index contributed by atoms with van der Waals surface area (Å²) in [4.78, 5) is 80.0. The molecule has 0 saturated heterocycles. The van der Waals surface area contributed by atoms with Crippen molar-refractivity contribution in [2.24, 2.45) is 5.92 Å². The summed E-state index contributed by atoms with van der Waals surface area (Å²) < 4.78 is 35.4. The van der Waals surface area contributed by atoms with Crippen LogP contribution in [0.4, 0.5) is 16.2 Å². The average Bonchev–Trinajstić information content (AvgIpc) is 1.66. The molecular formula is C71H98N5O11S+. The van der Waals surface area contributed by atoms with Gasteiger partial charge in [-0.25, -0.2) is 9.59 Å². The molecule has 0 radical (unpaired) electrons. The number of hydrogen-bond acceptors (Lipinski definition) is 9. The highest BCUT2D eigenvalue weighted by Gasteiger charge is 2.44. The van der Waals surface area contributed by atoms with Gasteiger partial charge in [0, 0.05) is 79.7 Å². The largest absolute Gasteiger partial charge is 0.481 e. The summed E-state index contributed by atoms with van der Waals surface area (Å²) in [7, 11) is -4.11. The quantitative estimate of drug-likeness (QED) is 0.0178. The molecule has 1 aliphatic carbocycles. The number of unbranched alkanes of at least 4 members (excludes halogenated alkanes) is 8. The molecule has 2 heterocycles. The predicted octanol–water partition coefficient (Wildman–Crippen LogP) is 13.4. The number of aliphatic carboxylic acids is 2. The van der Waals surface area contributed by atoms with Gasteiger partial charge in [-0.1, -0.05) is 139 Å². The lowest BCUT2D eigenvalue weighted by atomic mass is 9.79. The topological polar surface area (TPSA) is 240 Å². The lowest BCUT2D eigenvalue weighted by Crippen LogP contribution is -2.46. The highest BCUT2D eigenvalue weighted by Crippen LogP contribution is 2.48. The van der Waals surface area contributed by atoms with Gasteiger partial charge in [-0.3, -0.25) is 23.7 Å². The van der Waals surface area contributed by atoms with Gasteiger partial charge in [0.15, 0.2) is 11.5 Å². The van der Waals surface area contributed by atoms with Gasteiger partial charge >= 0.3 is 18.0 Å². The number of carbonyl (C=O) groups excluding carboxylic acids is 4. The molecule has 6 N–H and O–H groups in total. The number of fused-ring (bicyclic) bond motifs is 2. The monoisotopic (exact) mass is 1230 g/mol. The number of para-hydroxylation sites is 2. The fourth-order valence-electron chi connectivity index (χ4n) is 12.7. The number of urea groups is 1. The Morgan fingerprint density at radius 2 is 1.36 bits per heavy atom. The molecule has 17 heteroatoms. The minimum absolute atomic E-state index is 0.0175. The number of nitrogens with one attached hydrogen (secondary N) is 3. The van der Waals surface area contributed by atoms with Crippen LogP contribution in [0, 0.1) is 5.92 Å². The number of nitrogens with zero attached hydrogens (tertiary/aromatic N) is 2. The number of rotatable bonds is 38. The Hall–Kier alpha value is -6.98. The second-order valence-corrected chi connectivity index (χ2v) is 26.7. The Bertz CT molecular complexity index is 3180. The van der Waals surface area contributed by atoms with E-state index in [-0.39, 0.29) is 67.2 Å². The van der Waals surface area contributed by atoms with Crippen molar-refractivity contribution in [3.05, 3.63) is 142 Å². The molecule has 0 bridgehead atoms. The standard InChI is InChI=1S/C71H97N5O11S/c1-7-9-23-46-75-61-34-21-19-32-57(61)70(3,4)64(75)43-38-52-29-26-30-53(39-44-65-71(5,6)58-33-20-22-35-62(58)76(65)47-24-25-48-88(85,86)87)56(52)41-37-54(67(80)81)50-63(78)60(49-51-27-15-14-16-28-51)73-66(79)36-18-13-11-10-12-17-31-55(77)40-42-59(68(82)83)74-69(84)72-45-8-2/h14-16,19-22,27-28,32-35,38-39,43-44,54,59-60H,7-13,17-18,23-26,29-31,36-37,40-42,45-50H2,1-6H3,(H5-,72,73,74,79,80,81,82,83,84,85,86,87)/p+1/t54?,59-,60-/m0/s1. The van der Waals surface area contributed by atoms with E-state index in [9.17, 15) is 52.0 Å². The first kappa shape index (κ1) is 70.1. The van der Waals surface area contributed by atoms with Crippen LogP contribution in [0.1, 0.15) is 199 Å². The van der Waals surface area contributed by atoms with E-state index in [0.717, 1.165) is 110 Å². The summed E-state index contributed by atoms with van der Waals surface area (Å²) in [5.74, 6) is -4.29. The molecule has 3 aromatic carbocycles. The molecule has 3 aliphatic rings. The summed E-state index contributed by atoms with van der Waals surface area (Å²) in [6, 6.07) is 23.6. The van der Waals surface area contributed by atoms with Crippen LogP contribution in [-0.2, 0) is 51.3 Å². The normalized spacial score (nSPS) is 17.2. The summed E-state index contributed by atoms with van der Waals surface area (Å²) in [5, 5.41) is 28.4. The van der Waals surface area contributed by atoms with Crippen LogP contribution in [0.5, 0.6) is 0 Å². The third kappa shape index (κ3) is 20.5. The lowest BCUT2D eigenvalue weighted by molar-refractivity contribution is -0.438. The molecule has 0 fully saturated rings. The first-order valence-corrected chi connectivity index (χ1v) is 33.9. The minimum atomic E-state index is -4.11. The van der Waals surface area contributed by atoms with E-state index in [1.54, 1.807) is 0 Å². The van der Waals surface area contributed by atoms with Crippen LogP contribution < -0.4 is 20.9 Å². The number of carboxylic acids is 2. The van der Waals surface area contributed by atoms with Crippen LogP contribution in [0.3, 0.4) is 0 Å². The van der Waals surface area contributed by atoms with Gasteiger partial charge in [0.25, 0.3) is 10.1 Å². The Morgan fingerprint density at radius 1 is 0.682 bits per heavy atom. The van der Waals surface area contributed by atoms with Gasteiger partial charge in [-0.2, -0.15) is 13.0 Å². The number of carbonyl (C=O) groups is 6. The van der Waals surface area contributed by atoms with Crippen LogP contribution >= 0.6 is 0 Å². The summed E-state index contributed by atoms with van der Waals surface area (Å²) in [5.41, 5.74) is 10.4. The number of allylic oxidation sites excluding steroid dienone is 8. The van der Waals surface area contributed by atoms with Gasteiger partial charge < -0.3 is 31.1 Å². The molecule has 3 amide bonds. The van der Waals surface area contributed by atoms with Crippen molar-refractivity contribution in [2.45, 2.75) is 212 Å². The first-order valence-electron chi connectivity index (χ1n) is 32.3. The summed E-state index contributed by atoms with van der Waals surface area (Å²) >= 11 is 0. The molecule has 0 aromatic heterocycles. The maximum absolute atomic E-state index is 14.5. The van der Waals surface area contributed by atoms with Crippen molar-refractivity contribution in [2.75, 3.05) is 30.3 Å². The maximum Gasteiger partial charge on any atom is 0.326 e. The number of benzene rings is 3. The summed E-state index contributed by atoms with van der Waals surface area (Å²) in [6.45, 7) is 14.9. The number of Topliss-reactive ketones (excluding diaryl/α,β-unsaturated/α-hetero) is 2. The van der Waals surface area contributed by atoms with Crippen molar-refractivity contribution < 1.29 is 56.5 Å². The Labute approximate surface area is 523 Å². The van der Waals surface area contributed by atoms with Gasteiger partial charge in [-0.05, 0) is 137 Å². The predicted molar refractivity (Wildman–Crippen MR) is 349 cm³/mol. The molecule has 2 aliphatic heterocycles. The zero-order valence-electron chi connectivity index (χ0n) is 53.0.